The number of hydrogen-bond donors (Lipinski definition) is 1. The number of furan rings is 1. The predicted molar refractivity (Wildman–Crippen MR) is 73.2 cm³/mol. The van der Waals surface area contributed by atoms with Gasteiger partial charge >= 0.3 is 0 Å². The van der Waals surface area contributed by atoms with E-state index in [2.05, 4.69) is 5.43 Å². The van der Waals surface area contributed by atoms with Crippen molar-refractivity contribution in [3.05, 3.63) is 60.1 Å². The van der Waals surface area contributed by atoms with Crippen LogP contribution < -0.4 is 5.43 Å². The van der Waals surface area contributed by atoms with Gasteiger partial charge in [0.2, 0.25) is 11.8 Å². The van der Waals surface area contributed by atoms with Gasteiger partial charge in [-0.15, -0.1) is 0 Å². The van der Waals surface area contributed by atoms with E-state index in [1.54, 1.807) is 12.1 Å². The van der Waals surface area contributed by atoms with E-state index in [0.29, 0.717) is 12.3 Å². The minimum atomic E-state index is -0.284. The van der Waals surface area contributed by atoms with Crippen LogP contribution in [0.25, 0.3) is 0 Å². The molecule has 0 aliphatic rings. The second-order valence-corrected chi connectivity index (χ2v) is 4.39. The Morgan fingerprint density at radius 2 is 1.90 bits per heavy atom. The first-order chi connectivity index (χ1) is 9.65. The highest BCUT2D eigenvalue weighted by Gasteiger charge is 2.16. The van der Waals surface area contributed by atoms with Gasteiger partial charge in [0.05, 0.1) is 19.2 Å². The Hall–Kier alpha value is -2.56. The lowest BCUT2D eigenvalue weighted by Crippen LogP contribution is -2.45. The summed E-state index contributed by atoms with van der Waals surface area (Å²) in [4.78, 5) is 23.4. The fraction of sp³-hybridized carbons (Fsp3) is 0.200. The van der Waals surface area contributed by atoms with Crippen LogP contribution in [0, 0.1) is 0 Å². The van der Waals surface area contributed by atoms with E-state index < -0.39 is 0 Å². The summed E-state index contributed by atoms with van der Waals surface area (Å²) in [5.41, 5.74) is 3.48. The van der Waals surface area contributed by atoms with Crippen molar-refractivity contribution in [2.24, 2.45) is 0 Å². The highest BCUT2D eigenvalue weighted by Crippen LogP contribution is 2.07. The zero-order chi connectivity index (χ0) is 14.4. The second kappa shape index (κ2) is 6.56. The first-order valence-electron chi connectivity index (χ1n) is 6.29. The number of rotatable bonds is 4. The lowest BCUT2D eigenvalue weighted by atomic mass is 10.2. The second-order valence-electron chi connectivity index (χ2n) is 4.39. The zero-order valence-electron chi connectivity index (χ0n) is 11.2. The van der Waals surface area contributed by atoms with Crippen molar-refractivity contribution in [3.8, 4) is 0 Å². The summed E-state index contributed by atoms with van der Waals surface area (Å²) in [6.07, 6.45) is 1.63. The minimum Gasteiger partial charge on any atom is -0.469 e. The minimum absolute atomic E-state index is 0.111. The third-order valence-corrected chi connectivity index (χ3v) is 2.68. The van der Waals surface area contributed by atoms with Crippen LogP contribution in [0.4, 0.5) is 0 Å². The van der Waals surface area contributed by atoms with Crippen molar-refractivity contribution in [2.45, 2.75) is 19.9 Å². The summed E-state index contributed by atoms with van der Waals surface area (Å²) in [5, 5.41) is 1.31. The van der Waals surface area contributed by atoms with Crippen LogP contribution in [0.5, 0.6) is 0 Å². The standard InChI is InChI=1S/C15H16N2O3/c1-12(18)16-17(11-13-6-3-2-4-7-13)15(19)10-14-8-5-9-20-14/h2-9H,10-11H2,1H3,(H,16,18). The highest BCUT2D eigenvalue weighted by molar-refractivity contribution is 5.82. The molecule has 0 radical (unpaired) electrons. The van der Waals surface area contributed by atoms with Gasteiger partial charge < -0.3 is 4.42 Å². The summed E-state index contributed by atoms with van der Waals surface area (Å²) in [7, 11) is 0. The van der Waals surface area contributed by atoms with Crippen molar-refractivity contribution < 1.29 is 14.0 Å². The average molecular weight is 272 g/mol. The Kier molecular flexibility index (Phi) is 4.55. The first kappa shape index (κ1) is 13.9. The van der Waals surface area contributed by atoms with Crippen LogP contribution in [0.1, 0.15) is 18.2 Å². The van der Waals surface area contributed by atoms with Gasteiger partial charge in [-0.1, -0.05) is 30.3 Å². The number of amides is 2. The van der Waals surface area contributed by atoms with Gasteiger partial charge in [0.15, 0.2) is 0 Å². The summed E-state index contributed by atoms with van der Waals surface area (Å²) in [6.45, 7) is 1.69. The third-order valence-electron chi connectivity index (χ3n) is 2.68. The molecular weight excluding hydrogens is 256 g/mol. The SMILES string of the molecule is CC(=O)NN(Cc1ccccc1)C(=O)Cc1ccco1. The maximum atomic E-state index is 12.2. The molecule has 2 amide bonds. The van der Waals surface area contributed by atoms with Crippen LogP contribution in [-0.4, -0.2) is 16.8 Å². The number of nitrogens with one attached hydrogen (secondary N) is 1. The van der Waals surface area contributed by atoms with Gasteiger partial charge in [-0.2, -0.15) is 0 Å². The van der Waals surface area contributed by atoms with Gasteiger partial charge in [-0.05, 0) is 17.7 Å². The van der Waals surface area contributed by atoms with Gasteiger partial charge in [0.1, 0.15) is 5.76 Å². The number of carbonyl (C=O) groups excluding carboxylic acids is 2. The molecule has 0 atom stereocenters. The summed E-state index contributed by atoms with van der Waals surface area (Å²) < 4.78 is 5.15. The molecule has 1 N–H and O–H groups in total. The van der Waals surface area contributed by atoms with Crippen molar-refractivity contribution in [1.29, 1.82) is 0 Å². The van der Waals surface area contributed by atoms with Gasteiger partial charge in [-0.25, -0.2) is 5.01 Å². The molecule has 0 fully saturated rings. The van der Waals surface area contributed by atoms with Crippen LogP contribution in [0.3, 0.4) is 0 Å². The van der Waals surface area contributed by atoms with Crippen LogP contribution in [-0.2, 0) is 22.6 Å². The first-order valence-corrected chi connectivity index (χ1v) is 6.29. The molecule has 0 aliphatic carbocycles. The lowest BCUT2D eigenvalue weighted by Gasteiger charge is -2.22. The summed E-state index contributed by atoms with van der Waals surface area (Å²) in [5.74, 6) is 0.0612. The van der Waals surface area contributed by atoms with Gasteiger partial charge in [-0.3, -0.25) is 15.0 Å². The Bertz CT molecular complexity index is 564. The van der Waals surface area contributed by atoms with Crippen molar-refractivity contribution in [1.82, 2.24) is 10.4 Å². The maximum Gasteiger partial charge on any atom is 0.248 e. The van der Waals surface area contributed by atoms with Gasteiger partial charge in [0, 0.05) is 6.92 Å². The smallest absolute Gasteiger partial charge is 0.248 e. The molecule has 1 aromatic heterocycles. The fourth-order valence-corrected chi connectivity index (χ4v) is 1.80. The topological polar surface area (TPSA) is 62.6 Å². The molecule has 0 saturated heterocycles. The largest absolute Gasteiger partial charge is 0.469 e. The zero-order valence-corrected chi connectivity index (χ0v) is 11.2. The molecule has 2 aromatic rings. The van der Waals surface area contributed by atoms with E-state index >= 15 is 0 Å². The molecule has 0 spiro atoms. The number of benzene rings is 1. The Morgan fingerprint density at radius 3 is 2.50 bits per heavy atom. The number of nitrogens with zero attached hydrogens (tertiary/aromatic N) is 1. The molecule has 104 valence electrons. The highest BCUT2D eigenvalue weighted by atomic mass is 16.3. The van der Waals surface area contributed by atoms with E-state index in [9.17, 15) is 9.59 Å². The number of hydrazine groups is 1. The summed E-state index contributed by atoms with van der Waals surface area (Å²) in [6, 6.07) is 12.9. The number of hydrogen-bond acceptors (Lipinski definition) is 3. The Labute approximate surface area is 117 Å². The van der Waals surface area contributed by atoms with Crippen molar-refractivity contribution in [3.63, 3.8) is 0 Å². The molecule has 5 nitrogen and oxygen atoms in total. The van der Waals surface area contributed by atoms with E-state index in [1.165, 1.54) is 18.2 Å². The van der Waals surface area contributed by atoms with Crippen molar-refractivity contribution in [2.75, 3.05) is 0 Å². The van der Waals surface area contributed by atoms with Crippen LogP contribution >= 0.6 is 0 Å². The molecule has 0 saturated carbocycles. The summed E-state index contributed by atoms with van der Waals surface area (Å²) >= 11 is 0. The molecule has 0 unspecified atom stereocenters. The Morgan fingerprint density at radius 1 is 1.15 bits per heavy atom. The van der Waals surface area contributed by atoms with Crippen molar-refractivity contribution >= 4 is 11.8 Å². The van der Waals surface area contributed by atoms with Gasteiger partial charge in [0.25, 0.3) is 0 Å². The van der Waals surface area contributed by atoms with E-state index in [1.807, 2.05) is 30.3 Å². The van der Waals surface area contributed by atoms with Crippen LogP contribution in [0.2, 0.25) is 0 Å². The molecule has 0 aliphatic heterocycles. The predicted octanol–water partition coefficient (Wildman–Crippen LogP) is 1.90. The average Bonchev–Trinajstić information content (AvgIpc) is 2.91. The third kappa shape index (κ3) is 3.98. The molecule has 0 bridgehead atoms. The molecule has 1 aromatic carbocycles. The maximum absolute atomic E-state index is 12.2. The van der Waals surface area contributed by atoms with E-state index in [4.69, 9.17) is 4.42 Å². The number of carbonyl (C=O) groups is 2. The lowest BCUT2D eigenvalue weighted by molar-refractivity contribution is -0.141. The normalized spacial score (nSPS) is 10.1. The quantitative estimate of drug-likeness (QED) is 0.865. The van der Waals surface area contributed by atoms with Crippen LogP contribution in [0.15, 0.2) is 53.1 Å². The van der Waals surface area contributed by atoms with E-state index in [0.717, 1.165) is 5.56 Å². The van der Waals surface area contributed by atoms with E-state index in [-0.39, 0.29) is 18.2 Å². The molecular formula is C15H16N2O3. The monoisotopic (exact) mass is 272 g/mol. The molecule has 1 heterocycles. The molecule has 20 heavy (non-hydrogen) atoms. The fourth-order valence-electron chi connectivity index (χ4n) is 1.80. The molecule has 5 heteroatoms. The molecule has 2 rings (SSSR count). The Balaban J connectivity index is 2.06.